The lowest BCUT2D eigenvalue weighted by molar-refractivity contribution is -0.203. The van der Waals surface area contributed by atoms with Crippen molar-refractivity contribution < 1.29 is 27.5 Å². The van der Waals surface area contributed by atoms with E-state index in [-0.39, 0.29) is 13.0 Å². The Hall–Kier alpha value is -1.27. The Morgan fingerprint density at radius 2 is 2.00 bits per heavy atom. The van der Waals surface area contributed by atoms with Crippen LogP contribution < -0.4 is 0 Å². The molecule has 19 heavy (non-hydrogen) atoms. The molecule has 0 aromatic rings. The van der Waals surface area contributed by atoms with Gasteiger partial charge in [-0.15, -0.1) is 0 Å². The fourth-order valence-electron chi connectivity index (χ4n) is 1.74. The molecule has 0 amide bonds. The number of nitrogens with zero attached hydrogens (tertiary/aromatic N) is 1. The molecule has 0 saturated heterocycles. The zero-order valence-electron chi connectivity index (χ0n) is 11.4. The highest BCUT2D eigenvalue weighted by Gasteiger charge is 2.56. The Labute approximate surface area is 109 Å². The molecular formula is C12H18F3NO3. The highest BCUT2D eigenvalue weighted by Crippen LogP contribution is 2.40. The summed E-state index contributed by atoms with van der Waals surface area (Å²) in [4.78, 5) is 16.7. The van der Waals surface area contributed by atoms with Crippen molar-refractivity contribution in [2.45, 2.75) is 52.3 Å². The average molecular weight is 281 g/mol. The molecule has 0 bridgehead atoms. The van der Waals surface area contributed by atoms with Crippen LogP contribution in [0.4, 0.5) is 13.2 Å². The van der Waals surface area contributed by atoms with E-state index in [9.17, 15) is 18.0 Å². The molecule has 7 heteroatoms. The fourth-order valence-corrected chi connectivity index (χ4v) is 1.74. The normalized spacial score (nSPS) is 23.8. The Bertz CT molecular complexity index is 385. The van der Waals surface area contributed by atoms with Crippen molar-refractivity contribution in [2.75, 3.05) is 6.61 Å². The molecule has 0 spiro atoms. The summed E-state index contributed by atoms with van der Waals surface area (Å²) in [5, 5.41) is 3.66. The first kappa shape index (κ1) is 15.8. The zero-order valence-corrected chi connectivity index (χ0v) is 11.4. The van der Waals surface area contributed by atoms with Crippen molar-refractivity contribution in [1.29, 1.82) is 0 Å². The smallest absolute Gasteiger partial charge is 0.393 e. The third-order valence-corrected chi connectivity index (χ3v) is 2.78. The van der Waals surface area contributed by atoms with Crippen LogP contribution in [0, 0.1) is 5.41 Å². The Morgan fingerprint density at radius 3 is 2.37 bits per heavy atom. The predicted octanol–water partition coefficient (Wildman–Crippen LogP) is 3.06. The number of carbonyl (C=O) groups is 1. The molecule has 0 radical (unpaired) electrons. The zero-order chi connectivity index (χ0) is 14.9. The van der Waals surface area contributed by atoms with Crippen LogP contribution >= 0.6 is 0 Å². The summed E-state index contributed by atoms with van der Waals surface area (Å²) in [6, 6.07) is 0. The van der Waals surface area contributed by atoms with Crippen LogP contribution in [-0.4, -0.2) is 30.1 Å². The van der Waals surface area contributed by atoms with Gasteiger partial charge in [0.1, 0.15) is 0 Å². The molecule has 0 aliphatic carbocycles. The Morgan fingerprint density at radius 1 is 1.42 bits per heavy atom. The lowest BCUT2D eigenvalue weighted by Crippen LogP contribution is -2.45. The maximum atomic E-state index is 12.6. The first-order valence-corrected chi connectivity index (χ1v) is 6.00. The summed E-state index contributed by atoms with van der Waals surface area (Å²) in [6.45, 7) is 6.91. The molecule has 1 unspecified atom stereocenters. The maximum absolute atomic E-state index is 12.6. The number of rotatable bonds is 3. The molecule has 1 aliphatic rings. The monoisotopic (exact) mass is 281 g/mol. The second-order valence-electron chi connectivity index (χ2n) is 5.56. The quantitative estimate of drug-likeness (QED) is 0.747. The van der Waals surface area contributed by atoms with Gasteiger partial charge in [-0.05, 0) is 6.92 Å². The summed E-state index contributed by atoms with van der Waals surface area (Å²) in [5.41, 5.74) is -2.11. The number of halogens is 3. The van der Waals surface area contributed by atoms with Crippen LogP contribution in [0.1, 0.15) is 40.5 Å². The molecule has 0 aromatic carbocycles. The van der Waals surface area contributed by atoms with Gasteiger partial charge >= 0.3 is 12.1 Å². The summed E-state index contributed by atoms with van der Waals surface area (Å²) in [6.07, 6.45) is -6.13. The number of carbonyl (C=O) groups excluding carboxylic acids is 1. The van der Waals surface area contributed by atoms with Crippen LogP contribution in [0.2, 0.25) is 0 Å². The van der Waals surface area contributed by atoms with Gasteiger partial charge in [-0.2, -0.15) is 13.2 Å². The van der Waals surface area contributed by atoms with E-state index in [4.69, 9.17) is 9.57 Å². The molecule has 1 rings (SSSR count). The van der Waals surface area contributed by atoms with Crippen molar-refractivity contribution in [2.24, 2.45) is 10.6 Å². The van der Waals surface area contributed by atoms with E-state index in [1.54, 1.807) is 20.8 Å². The van der Waals surface area contributed by atoms with Gasteiger partial charge in [-0.25, -0.2) is 4.79 Å². The van der Waals surface area contributed by atoms with Gasteiger partial charge in [0.25, 0.3) is 0 Å². The first-order chi connectivity index (χ1) is 8.50. The van der Waals surface area contributed by atoms with E-state index in [1.807, 2.05) is 0 Å². The van der Waals surface area contributed by atoms with Crippen molar-refractivity contribution in [1.82, 2.24) is 0 Å². The molecule has 4 nitrogen and oxygen atoms in total. The minimum absolute atomic E-state index is 0.00729. The molecule has 0 saturated carbocycles. The third kappa shape index (κ3) is 3.84. The second kappa shape index (κ2) is 5.02. The first-order valence-electron chi connectivity index (χ1n) is 6.00. The minimum Gasteiger partial charge on any atom is -0.463 e. The maximum Gasteiger partial charge on any atom is 0.393 e. The topological polar surface area (TPSA) is 47.9 Å². The lowest BCUT2D eigenvalue weighted by Gasteiger charge is -2.26. The van der Waals surface area contributed by atoms with E-state index in [1.165, 1.54) is 6.92 Å². The van der Waals surface area contributed by atoms with Gasteiger partial charge in [-0.1, -0.05) is 25.9 Å². The van der Waals surface area contributed by atoms with Gasteiger partial charge < -0.3 is 9.57 Å². The van der Waals surface area contributed by atoms with Gasteiger partial charge in [0.05, 0.1) is 18.7 Å². The number of hydrogen-bond donors (Lipinski definition) is 0. The summed E-state index contributed by atoms with van der Waals surface area (Å²) in [7, 11) is 0. The van der Waals surface area contributed by atoms with Crippen molar-refractivity contribution >= 4 is 11.7 Å². The van der Waals surface area contributed by atoms with Crippen molar-refractivity contribution in [3.05, 3.63) is 0 Å². The fraction of sp³-hybridized carbons (Fsp3) is 0.833. The molecule has 1 aliphatic heterocycles. The largest absolute Gasteiger partial charge is 0.463 e. The van der Waals surface area contributed by atoms with Crippen LogP contribution in [-0.2, 0) is 14.4 Å². The predicted molar refractivity (Wildman–Crippen MR) is 62.6 cm³/mol. The van der Waals surface area contributed by atoms with Gasteiger partial charge in [-0.3, -0.25) is 0 Å². The minimum atomic E-state index is -4.53. The highest BCUT2D eigenvalue weighted by molar-refractivity contribution is 5.96. The number of hydrogen-bond acceptors (Lipinski definition) is 4. The van der Waals surface area contributed by atoms with Crippen molar-refractivity contribution in [3.8, 4) is 0 Å². The highest BCUT2D eigenvalue weighted by atomic mass is 19.4. The van der Waals surface area contributed by atoms with E-state index in [2.05, 4.69) is 5.16 Å². The molecule has 0 fully saturated rings. The lowest BCUT2D eigenvalue weighted by atomic mass is 9.82. The average Bonchev–Trinajstić information content (AvgIpc) is 2.60. The second-order valence-corrected chi connectivity index (χ2v) is 5.56. The third-order valence-electron chi connectivity index (χ3n) is 2.78. The van der Waals surface area contributed by atoms with Gasteiger partial charge in [0, 0.05) is 11.8 Å². The van der Waals surface area contributed by atoms with E-state index >= 15 is 0 Å². The number of ether oxygens (including phenoxy) is 1. The Kier molecular flexibility index (Phi) is 4.17. The number of esters is 1. The molecule has 0 aromatic heterocycles. The van der Waals surface area contributed by atoms with Gasteiger partial charge in [0.15, 0.2) is 0 Å². The van der Waals surface area contributed by atoms with E-state index in [0.29, 0.717) is 5.71 Å². The molecule has 1 heterocycles. The van der Waals surface area contributed by atoms with Gasteiger partial charge in [0.2, 0.25) is 5.60 Å². The standard InChI is InChI=1S/C12H18F3NO3/c1-5-18-9(17)11(7-12(13,14)15)6-8(16-19-11)10(2,3)4/h5-7H2,1-4H3. The number of alkyl halides is 3. The van der Waals surface area contributed by atoms with Crippen molar-refractivity contribution in [3.63, 3.8) is 0 Å². The van der Waals surface area contributed by atoms with E-state index < -0.39 is 29.6 Å². The SMILES string of the molecule is CCOC(=O)C1(CC(F)(F)F)CC(C(C)(C)C)=NO1. The molecule has 110 valence electrons. The molecule has 1 atom stereocenters. The molecule has 0 N–H and O–H groups in total. The Balaban J connectivity index is 2.96. The summed E-state index contributed by atoms with van der Waals surface area (Å²) >= 11 is 0. The van der Waals surface area contributed by atoms with E-state index in [0.717, 1.165) is 0 Å². The van der Waals surface area contributed by atoms with Crippen LogP contribution in [0.25, 0.3) is 0 Å². The summed E-state index contributed by atoms with van der Waals surface area (Å²) < 4.78 is 42.6. The molecular weight excluding hydrogens is 263 g/mol. The van der Waals surface area contributed by atoms with Crippen LogP contribution in [0.15, 0.2) is 5.16 Å². The summed E-state index contributed by atoms with van der Waals surface area (Å²) in [5.74, 6) is -1.02. The number of oxime groups is 1. The van der Waals surface area contributed by atoms with Crippen LogP contribution in [0.3, 0.4) is 0 Å². The van der Waals surface area contributed by atoms with Crippen LogP contribution in [0.5, 0.6) is 0 Å².